The van der Waals surface area contributed by atoms with Crippen molar-refractivity contribution < 1.29 is 0 Å². The highest BCUT2D eigenvalue weighted by atomic mass is 32.1. The zero-order valence-corrected chi connectivity index (χ0v) is 13.7. The molecule has 2 N–H and O–H groups in total. The van der Waals surface area contributed by atoms with E-state index in [1.54, 1.807) is 17.4 Å². The molecule has 0 radical (unpaired) electrons. The maximum atomic E-state index is 13.1. The van der Waals surface area contributed by atoms with Gasteiger partial charge >= 0.3 is 5.69 Å². The van der Waals surface area contributed by atoms with E-state index in [4.69, 9.17) is 0 Å². The van der Waals surface area contributed by atoms with Crippen molar-refractivity contribution in [1.29, 1.82) is 0 Å². The minimum atomic E-state index is -0.374. The number of thiophene rings is 1. The summed E-state index contributed by atoms with van der Waals surface area (Å²) in [6, 6.07) is 7.50. The first-order valence-electron chi connectivity index (χ1n) is 8.09. The van der Waals surface area contributed by atoms with Crippen molar-refractivity contribution in [3.8, 4) is 5.69 Å². The Hall–Kier alpha value is -2.60. The number of rotatable bonds is 1. The summed E-state index contributed by atoms with van der Waals surface area (Å²) in [7, 11) is 0. The monoisotopic (exact) mass is 337 g/mol. The number of hydrogen-bond acceptors (Lipinski definition) is 3. The SMILES string of the molecule is O=c1[nH]c2sc3c(c2c(=O)n1-c1ccc2[nH]ccc2c1)CCCC3. The third-order valence-corrected chi connectivity index (χ3v) is 6.01. The van der Waals surface area contributed by atoms with Gasteiger partial charge in [0.1, 0.15) is 4.83 Å². The fourth-order valence-corrected chi connectivity index (χ4v) is 4.92. The zero-order valence-electron chi connectivity index (χ0n) is 12.9. The molecule has 0 atom stereocenters. The lowest BCUT2D eigenvalue weighted by molar-refractivity contribution is 0.699. The second kappa shape index (κ2) is 4.95. The predicted octanol–water partition coefficient (Wildman–Crippen LogP) is 3.10. The van der Waals surface area contributed by atoms with E-state index in [0.29, 0.717) is 11.1 Å². The summed E-state index contributed by atoms with van der Waals surface area (Å²) in [5.41, 5.74) is 2.14. The molecule has 0 spiro atoms. The molecule has 1 aliphatic carbocycles. The largest absolute Gasteiger partial charge is 0.361 e. The van der Waals surface area contributed by atoms with E-state index < -0.39 is 0 Å². The van der Waals surface area contributed by atoms with Gasteiger partial charge in [-0.1, -0.05) is 0 Å². The Kier molecular flexibility index (Phi) is 2.84. The Morgan fingerprint density at radius 1 is 1.08 bits per heavy atom. The van der Waals surface area contributed by atoms with E-state index in [2.05, 4.69) is 9.97 Å². The number of hydrogen-bond donors (Lipinski definition) is 2. The van der Waals surface area contributed by atoms with Gasteiger partial charge in [-0.3, -0.25) is 9.78 Å². The van der Waals surface area contributed by atoms with Gasteiger partial charge in [-0.2, -0.15) is 0 Å². The molecule has 0 saturated carbocycles. The summed E-state index contributed by atoms with van der Waals surface area (Å²) in [4.78, 5) is 33.7. The van der Waals surface area contributed by atoms with Gasteiger partial charge in [0, 0.05) is 22.0 Å². The molecule has 24 heavy (non-hydrogen) atoms. The summed E-state index contributed by atoms with van der Waals surface area (Å²) in [5.74, 6) is 0. The lowest BCUT2D eigenvalue weighted by Crippen LogP contribution is -2.33. The summed E-state index contributed by atoms with van der Waals surface area (Å²) in [6.45, 7) is 0. The van der Waals surface area contributed by atoms with Crippen molar-refractivity contribution in [2.24, 2.45) is 0 Å². The molecule has 0 aliphatic heterocycles. The van der Waals surface area contributed by atoms with Gasteiger partial charge in [-0.25, -0.2) is 9.36 Å². The van der Waals surface area contributed by atoms with Gasteiger partial charge in [0.2, 0.25) is 0 Å². The van der Waals surface area contributed by atoms with Crippen LogP contribution in [0.1, 0.15) is 23.3 Å². The summed E-state index contributed by atoms with van der Waals surface area (Å²) >= 11 is 1.56. The summed E-state index contributed by atoms with van der Waals surface area (Å²) in [6.07, 6.45) is 6.04. The van der Waals surface area contributed by atoms with E-state index in [9.17, 15) is 9.59 Å². The minimum Gasteiger partial charge on any atom is -0.361 e. The normalized spacial score (nSPS) is 14.3. The number of aryl methyl sites for hydroxylation is 2. The molecule has 6 heteroatoms. The molecule has 0 saturated heterocycles. The highest BCUT2D eigenvalue weighted by Gasteiger charge is 2.21. The van der Waals surface area contributed by atoms with Crippen LogP contribution < -0.4 is 11.2 Å². The molecule has 120 valence electrons. The van der Waals surface area contributed by atoms with Crippen LogP contribution in [-0.4, -0.2) is 14.5 Å². The molecule has 0 unspecified atom stereocenters. The second-order valence-corrected chi connectivity index (χ2v) is 7.34. The van der Waals surface area contributed by atoms with Gasteiger partial charge < -0.3 is 4.98 Å². The van der Waals surface area contributed by atoms with Crippen LogP contribution in [0, 0.1) is 0 Å². The lowest BCUT2D eigenvalue weighted by atomic mass is 9.97. The molecule has 0 bridgehead atoms. The first kappa shape index (κ1) is 13.8. The second-order valence-electron chi connectivity index (χ2n) is 6.23. The zero-order chi connectivity index (χ0) is 16.3. The van der Waals surface area contributed by atoms with Crippen molar-refractivity contribution in [2.75, 3.05) is 0 Å². The van der Waals surface area contributed by atoms with Crippen LogP contribution in [0.5, 0.6) is 0 Å². The fourth-order valence-electron chi connectivity index (χ4n) is 3.65. The quantitative estimate of drug-likeness (QED) is 0.560. The molecule has 3 aromatic heterocycles. The number of aromatic amines is 2. The van der Waals surface area contributed by atoms with Crippen LogP contribution >= 0.6 is 11.3 Å². The molecule has 4 aromatic rings. The van der Waals surface area contributed by atoms with Crippen molar-refractivity contribution in [2.45, 2.75) is 25.7 Å². The van der Waals surface area contributed by atoms with Gasteiger partial charge in [-0.05, 0) is 55.5 Å². The Morgan fingerprint density at radius 2 is 1.96 bits per heavy atom. The Labute approximate surface area is 140 Å². The highest BCUT2D eigenvalue weighted by Crippen LogP contribution is 2.33. The standard InChI is InChI=1S/C18H15N3O2S/c22-17-15-12-3-1-2-4-14(12)24-16(15)20-18(23)21(17)11-5-6-13-10(9-11)7-8-19-13/h5-9,19H,1-4H2,(H,20,23). The number of benzene rings is 1. The molecule has 0 amide bonds. The van der Waals surface area contributed by atoms with Crippen molar-refractivity contribution in [3.05, 3.63) is 61.7 Å². The molecule has 0 fully saturated rings. The fraction of sp³-hybridized carbons (Fsp3) is 0.222. The third kappa shape index (κ3) is 1.86. The predicted molar refractivity (Wildman–Crippen MR) is 96.5 cm³/mol. The number of aromatic nitrogens is 3. The van der Waals surface area contributed by atoms with E-state index in [1.807, 2.05) is 24.4 Å². The van der Waals surface area contributed by atoms with Crippen molar-refractivity contribution in [1.82, 2.24) is 14.5 Å². The summed E-state index contributed by atoms with van der Waals surface area (Å²) < 4.78 is 1.26. The maximum Gasteiger partial charge on any atom is 0.334 e. The molecular weight excluding hydrogens is 322 g/mol. The number of fused-ring (bicyclic) bond motifs is 4. The number of nitrogens with one attached hydrogen (secondary N) is 2. The topological polar surface area (TPSA) is 70.7 Å². The Balaban J connectivity index is 1.84. The van der Waals surface area contributed by atoms with E-state index in [-0.39, 0.29) is 11.2 Å². The van der Waals surface area contributed by atoms with Crippen molar-refractivity contribution >= 4 is 32.5 Å². The van der Waals surface area contributed by atoms with Crippen LogP contribution in [0.3, 0.4) is 0 Å². The van der Waals surface area contributed by atoms with E-state index >= 15 is 0 Å². The molecule has 5 rings (SSSR count). The smallest absolute Gasteiger partial charge is 0.334 e. The summed E-state index contributed by atoms with van der Waals surface area (Å²) in [5, 5.41) is 1.68. The molecular formula is C18H15N3O2S. The van der Waals surface area contributed by atoms with Crippen LogP contribution in [-0.2, 0) is 12.8 Å². The van der Waals surface area contributed by atoms with Crippen LogP contribution in [0.25, 0.3) is 26.8 Å². The first-order valence-corrected chi connectivity index (χ1v) is 8.91. The molecule has 1 aromatic carbocycles. The lowest BCUT2D eigenvalue weighted by Gasteiger charge is -2.10. The van der Waals surface area contributed by atoms with E-state index in [1.165, 1.54) is 9.44 Å². The molecule has 3 heterocycles. The average Bonchev–Trinajstić information content (AvgIpc) is 3.17. The number of nitrogens with zero attached hydrogens (tertiary/aromatic N) is 1. The van der Waals surface area contributed by atoms with Crippen molar-refractivity contribution in [3.63, 3.8) is 0 Å². The average molecular weight is 337 g/mol. The van der Waals surface area contributed by atoms with Crippen LogP contribution in [0.15, 0.2) is 40.1 Å². The van der Waals surface area contributed by atoms with Gasteiger partial charge in [0.15, 0.2) is 0 Å². The Morgan fingerprint density at radius 3 is 2.88 bits per heavy atom. The third-order valence-electron chi connectivity index (χ3n) is 4.81. The maximum absolute atomic E-state index is 13.1. The van der Waals surface area contributed by atoms with Crippen LogP contribution in [0.2, 0.25) is 0 Å². The first-order chi connectivity index (χ1) is 11.7. The van der Waals surface area contributed by atoms with Gasteiger partial charge in [0.05, 0.1) is 11.1 Å². The number of H-pyrrole nitrogens is 2. The van der Waals surface area contributed by atoms with Crippen LogP contribution in [0.4, 0.5) is 0 Å². The molecule has 1 aliphatic rings. The Bertz CT molecular complexity index is 1210. The van der Waals surface area contributed by atoms with E-state index in [0.717, 1.165) is 47.0 Å². The minimum absolute atomic E-state index is 0.206. The molecule has 5 nitrogen and oxygen atoms in total. The van der Waals surface area contributed by atoms with Gasteiger partial charge in [0.25, 0.3) is 5.56 Å². The highest BCUT2D eigenvalue weighted by molar-refractivity contribution is 7.18. The van der Waals surface area contributed by atoms with Gasteiger partial charge in [-0.15, -0.1) is 11.3 Å².